The summed E-state index contributed by atoms with van der Waals surface area (Å²) in [6.07, 6.45) is 3.33. The fourth-order valence-corrected chi connectivity index (χ4v) is 3.16. The Bertz CT molecular complexity index is 1260. The highest BCUT2D eigenvalue weighted by atomic mass is 16.6. The Labute approximate surface area is 178 Å². The van der Waals surface area contributed by atoms with E-state index < -0.39 is 4.92 Å². The summed E-state index contributed by atoms with van der Waals surface area (Å²) in [5, 5.41) is 20.1. The topological polar surface area (TPSA) is 102 Å². The number of rotatable bonds is 7. The van der Waals surface area contributed by atoms with Crippen LogP contribution in [0.1, 0.15) is 5.69 Å². The summed E-state index contributed by atoms with van der Waals surface area (Å²) in [4.78, 5) is 22.5. The van der Waals surface area contributed by atoms with Gasteiger partial charge in [0.2, 0.25) is 0 Å². The molecule has 0 bridgehead atoms. The highest BCUT2D eigenvalue weighted by Crippen LogP contribution is 2.19. The van der Waals surface area contributed by atoms with Crippen LogP contribution in [-0.2, 0) is 4.79 Å². The number of non-ortho nitro benzene ring substituents is 1. The van der Waals surface area contributed by atoms with Gasteiger partial charge in [-0.15, -0.1) is 0 Å². The normalized spacial score (nSPS) is 11.0. The van der Waals surface area contributed by atoms with Crippen molar-refractivity contribution in [2.24, 2.45) is 5.10 Å². The van der Waals surface area contributed by atoms with Crippen LogP contribution in [0.2, 0.25) is 0 Å². The molecule has 8 nitrogen and oxygen atoms in total. The monoisotopic (exact) mass is 413 g/mol. The van der Waals surface area contributed by atoms with Crippen molar-refractivity contribution in [2.45, 2.75) is 0 Å². The first-order valence-electron chi connectivity index (χ1n) is 9.57. The predicted octanol–water partition coefficient (Wildman–Crippen LogP) is 4.10. The first-order valence-corrected chi connectivity index (χ1v) is 9.57. The van der Waals surface area contributed by atoms with Crippen molar-refractivity contribution in [3.05, 3.63) is 101 Å². The van der Waals surface area contributed by atoms with Gasteiger partial charge in [0.25, 0.3) is 11.6 Å². The summed E-state index contributed by atoms with van der Waals surface area (Å²) in [5.74, 6) is -0.280. The molecule has 0 aliphatic carbocycles. The molecule has 0 saturated heterocycles. The van der Waals surface area contributed by atoms with Crippen molar-refractivity contribution < 1.29 is 9.72 Å². The van der Waals surface area contributed by atoms with Gasteiger partial charge < -0.3 is 9.88 Å². The number of amides is 1. The molecule has 31 heavy (non-hydrogen) atoms. The Morgan fingerprint density at radius 2 is 1.77 bits per heavy atom. The lowest BCUT2D eigenvalue weighted by molar-refractivity contribution is -0.384. The van der Waals surface area contributed by atoms with Gasteiger partial charge in [0.05, 0.1) is 23.4 Å². The fourth-order valence-electron chi connectivity index (χ4n) is 3.16. The third kappa shape index (κ3) is 4.76. The summed E-state index contributed by atoms with van der Waals surface area (Å²) >= 11 is 0. The minimum absolute atomic E-state index is 0.0253. The number of hydrogen-bond acceptors (Lipinski definition) is 5. The maximum Gasteiger partial charge on any atom is 0.269 e. The number of aromatic nitrogens is 1. The maximum absolute atomic E-state index is 12.1. The van der Waals surface area contributed by atoms with Crippen LogP contribution in [0.3, 0.4) is 0 Å². The van der Waals surface area contributed by atoms with Crippen LogP contribution < -0.4 is 10.7 Å². The third-order valence-corrected chi connectivity index (χ3v) is 4.71. The minimum Gasteiger partial charge on any atom is -0.376 e. The zero-order valence-corrected chi connectivity index (χ0v) is 16.4. The fraction of sp³-hybridized carbons (Fsp3) is 0.0435. The van der Waals surface area contributed by atoms with Gasteiger partial charge >= 0.3 is 0 Å². The van der Waals surface area contributed by atoms with Gasteiger partial charge in [-0.25, -0.2) is 5.43 Å². The maximum atomic E-state index is 12.1. The first kappa shape index (κ1) is 19.8. The second-order valence-electron chi connectivity index (χ2n) is 6.79. The van der Waals surface area contributed by atoms with Crippen LogP contribution in [0.25, 0.3) is 16.5 Å². The number of hydrazone groups is 1. The molecule has 2 N–H and O–H groups in total. The molecule has 1 heterocycles. The molecule has 0 fully saturated rings. The Balaban J connectivity index is 1.35. The highest BCUT2D eigenvalue weighted by Gasteiger charge is 2.07. The molecule has 0 aliphatic rings. The SMILES string of the molecule is O=C(CNc1ccc2ccccc2c1)N/N=C\c1cccn1-c1ccc([N+](=O)[O-])cc1. The van der Waals surface area contributed by atoms with Crippen LogP contribution >= 0.6 is 0 Å². The number of carbonyl (C=O) groups excluding carboxylic acids is 1. The van der Waals surface area contributed by atoms with Gasteiger partial charge in [-0.1, -0.05) is 30.3 Å². The van der Waals surface area contributed by atoms with Gasteiger partial charge in [-0.2, -0.15) is 5.10 Å². The number of benzene rings is 3. The van der Waals surface area contributed by atoms with E-state index in [1.54, 1.807) is 12.1 Å². The Kier molecular flexibility index (Phi) is 5.70. The molecular formula is C23H19N5O3. The summed E-state index contributed by atoms with van der Waals surface area (Å²) in [6.45, 7) is 0.0824. The smallest absolute Gasteiger partial charge is 0.269 e. The summed E-state index contributed by atoms with van der Waals surface area (Å²) in [5.41, 5.74) is 4.84. The molecule has 0 unspecified atom stereocenters. The number of carbonyl (C=O) groups is 1. The van der Waals surface area contributed by atoms with Gasteiger partial charge in [0.15, 0.2) is 0 Å². The largest absolute Gasteiger partial charge is 0.376 e. The van der Waals surface area contributed by atoms with Crippen LogP contribution in [0.5, 0.6) is 0 Å². The van der Waals surface area contributed by atoms with Crippen LogP contribution in [0, 0.1) is 10.1 Å². The molecule has 1 amide bonds. The van der Waals surface area contributed by atoms with Crippen molar-refractivity contribution in [3.63, 3.8) is 0 Å². The quantitative estimate of drug-likeness (QED) is 0.270. The molecule has 0 aliphatic heterocycles. The molecule has 0 saturated carbocycles. The summed E-state index contributed by atoms with van der Waals surface area (Å²) < 4.78 is 1.81. The molecule has 4 aromatic rings. The van der Waals surface area contributed by atoms with Crippen LogP contribution in [0.15, 0.2) is 90.2 Å². The number of hydrogen-bond donors (Lipinski definition) is 2. The minimum atomic E-state index is -0.441. The third-order valence-electron chi connectivity index (χ3n) is 4.71. The molecule has 1 aromatic heterocycles. The van der Waals surface area contributed by atoms with E-state index in [0.29, 0.717) is 0 Å². The van der Waals surface area contributed by atoms with E-state index in [1.165, 1.54) is 18.3 Å². The zero-order valence-electron chi connectivity index (χ0n) is 16.4. The molecule has 0 atom stereocenters. The van der Waals surface area contributed by atoms with E-state index in [4.69, 9.17) is 0 Å². The molecule has 8 heteroatoms. The average molecular weight is 413 g/mol. The number of nitro benzene ring substituents is 1. The van der Waals surface area contributed by atoms with E-state index in [1.807, 2.05) is 65.4 Å². The van der Waals surface area contributed by atoms with E-state index >= 15 is 0 Å². The second-order valence-corrected chi connectivity index (χ2v) is 6.79. The molecule has 4 rings (SSSR count). The van der Waals surface area contributed by atoms with Gasteiger partial charge in [-0.3, -0.25) is 14.9 Å². The molecule has 3 aromatic carbocycles. The van der Waals surface area contributed by atoms with Crippen molar-refractivity contribution >= 4 is 34.3 Å². The Morgan fingerprint density at radius 1 is 1.00 bits per heavy atom. The Morgan fingerprint density at radius 3 is 2.55 bits per heavy atom. The van der Waals surface area contributed by atoms with E-state index in [0.717, 1.165) is 27.8 Å². The standard InChI is InChI=1S/C23H19N5O3/c29-23(16-24-19-8-7-17-4-1-2-5-18(17)14-19)26-25-15-22-6-3-13-27(22)20-9-11-21(12-10-20)28(30)31/h1-15,24H,16H2,(H,26,29)/b25-15-. The lowest BCUT2D eigenvalue weighted by Crippen LogP contribution is -2.26. The van der Waals surface area contributed by atoms with Gasteiger partial charge in [0, 0.05) is 29.7 Å². The zero-order chi connectivity index (χ0) is 21.6. The van der Waals surface area contributed by atoms with E-state index in [2.05, 4.69) is 15.8 Å². The Hall–Kier alpha value is -4.46. The van der Waals surface area contributed by atoms with Crippen molar-refractivity contribution in [3.8, 4) is 5.69 Å². The number of nitro groups is 1. The second kappa shape index (κ2) is 8.91. The molecule has 0 radical (unpaired) electrons. The molecule has 154 valence electrons. The number of fused-ring (bicyclic) bond motifs is 1. The van der Waals surface area contributed by atoms with Crippen molar-refractivity contribution in [2.75, 3.05) is 11.9 Å². The van der Waals surface area contributed by atoms with E-state index in [9.17, 15) is 14.9 Å². The highest BCUT2D eigenvalue weighted by molar-refractivity contribution is 5.87. The lowest BCUT2D eigenvalue weighted by atomic mass is 10.1. The van der Waals surface area contributed by atoms with Gasteiger partial charge in [0.1, 0.15) is 0 Å². The molecule has 0 spiro atoms. The van der Waals surface area contributed by atoms with Gasteiger partial charge in [-0.05, 0) is 47.2 Å². The van der Waals surface area contributed by atoms with E-state index in [-0.39, 0.29) is 18.1 Å². The van der Waals surface area contributed by atoms with Crippen molar-refractivity contribution in [1.82, 2.24) is 9.99 Å². The predicted molar refractivity (Wildman–Crippen MR) is 121 cm³/mol. The van der Waals surface area contributed by atoms with Crippen molar-refractivity contribution in [1.29, 1.82) is 0 Å². The average Bonchev–Trinajstić information content (AvgIpc) is 3.26. The number of nitrogens with one attached hydrogen (secondary N) is 2. The lowest BCUT2D eigenvalue weighted by Gasteiger charge is -2.07. The summed E-state index contributed by atoms with van der Waals surface area (Å²) in [7, 11) is 0. The summed E-state index contributed by atoms with van der Waals surface area (Å²) in [6, 6.07) is 23.8. The molecular weight excluding hydrogens is 394 g/mol. The number of anilines is 1. The van der Waals surface area contributed by atoms with Crippen LogP contribution in [-0.4, -0.2) is 28.2 Å². The first-order chi connectivity index (χ1) is 15.1. The number of nitrogens with zero attached hydrogens (tertiary/aromatic N) is 3. The van der Waals surface area contributed by atoms with Crippen LogP contribution in [0.4, 0.5) is 11.4 Å².